The molecule has 17 nitrogen and oxygen atoms in total. The van der Waals surface area contributed by atoms with Crippen LogP contribution in [0.2, 0.25) is 0 Å². The first kappa shape index (κ1) is 36.6. The Morgan fingerprint density at radius 1 is 1.06 bits per heavy atom. The first-order valence-corrected chi connectivity index (χ1v) is 18.5. The van der Waals surface area contributed by atoms with E-state index in [-0.39, 0.29) is 48.8 Å². The molecule has 0 saturated carbocycles. The first-order valence-electron chi connectivity index (χ1n) is 16.4. The number of amides is 7. The normalized spacial score (nSPS) is 22.3. The highest BCUT2D eigenvalue weighted by molar-refractivity contribution is 8.01. The summed E-state index contributed by atoms with van der Waals surface area (Å²) in [4.78, 5) is 94.6. The number of piperazine rings is 1. The van der Waals surface area contributed by atoms with E-state index in [0.29, 0.717) is 23.7 Å². The van der Waals surface area contributed by atoms with Gasteiger partial charge >= 0.3 is 17.8 Å². The molecule has 3 atom stereocenters. The van der Waals surface area contributed by atoms with Gasteiger partial charge in [0, 0.05) is 48.2 Å². The van der Waals surface area contributed by atoms with Crippen molar-refractivity contribution in [3.63, 3.8) is 0 Å². The highest BCUT2D eigenvalue weighted by Crippen LogP contribution is 2.45. The number of urea groups is 1. The molecule has 1 aromatic carbocycles. The fourth-order valence-corrected chi connectivity index (χ4v) is 8.77. The predicted octanol–water partition coefficient (Wildman–Crippen LogP) is -2.35. The monoisotopic (exact) mass is 752 g/mol. The minimum Gasteiger partial charge on any atom is -0.543 e. The second-order valence-corrected chi connectivity index (χ2v) is 14.2. The minimum absolute atomic E-state index is 0.103. The molecular weight excluding hydrogens is 717 g/mol. The van der Waals surface area contributed by atoms with Crippen LogP contribution in [0.1, 0.15) is 18.5 Å². The number of hydrogen-bond donors (Lipinski definition) is 3. The van der Waals surface area contributed by atoms with E-state index in [9.17, 15) is 38.7 Å². The molecule has 274 valence electrons. The Bertz CT molecular complexity index is 1790. The zero-order valence-electron chi connectivity index (χ0n) is 28.0. The van der Waals surface area contributed by atoms with Crippen LogP contribution in [0.3, 0.4) is 0 Å². The van der Waals surface area contributed by atoms with E-state index >= 15 is 0 Å². The van der Waals surface area contributed by atoms with E-state index in [4.69, 9.17) is 4.74 Å². The van der Waals surface area contributed by atoms with Crippen LogP contribution in [0.5, 0.6) is 0 Å². The lowest BCUT2D eigenvalue weighted by atomic mass is 9.94. The molecule has 0 radical (unpaired) electrons. The number of pyridine rings is 1. The molecule has 3 saturated heterocycles. The lowest BCUT2D eigenvalue weighted by Gasteiger charge is -2.57. The maximum atomic E-state index is 14.0. The third kappa shape index (κ3) is 7.02. The van der Waals surface area contributed by atoms with Crippen LogP contribution in [0.15, 0.2) is 71.0 Å². The summed E-state index contributed by atoms with van der Waals surface area (Å²) < 4.78 is 7.37. The molecule has 0 bridgehead atoms. The van der Waals surface area contributed by atoms with Crippen LogP contribution < -0.4 is 30.7 Å². The number of nitrogens with one attached hydrogen (secondary N) is 3. The molecule has 3 fully saturated rings. The number of carbonyl (C=O) groups is 7. The van der Waals surface area contributed by atoms with Crippen LogP contribution in [0, 0.1) is 0 Å². The molecule has 2 aromatic rings. The Morgan fingerprint density at radius 3 is 2.42 bits per heavy atom. The van der Waals surface area contributed by atoms with E-state index in [0.717, 1.165) is 34.6 Å². The van der Waals surface area contributed by atoms with Crippen molar-refractivity contribution in [2.45, 2.75) is 28.9 Å². The van der Waals surface area contributed by atoms with Gasteiger partial charge in [-0.15, -0.1) is 23.5 Å². The minimum atomic E-state index is -2.08. The summed E-state index contributed by atoms with van der Waals surface area (Å²) >= 11 is 2.52. The van der Waals surface area contributed by atoms with Crippen molar-refractivity contribution >= 4 is 65.6 Å². The second-order valence-electron chi connectivity index (χ2n) is 12.0. The van der Waals surface area contributed by atoms with Gasteiger partial charge in [-0.05, 0) is 18.1 Å². The molecular formula is C33H36N8O9S2. The fourth-order valence-electron chi connectivity index (χ4n) is 6.32. The number of morpholine rings is 1. The zero-order chi connectivity index (χ0) is 37.0. The van der Waals surface area contributed by atoms with Gasteiger partial charge in [-0.3, -0.25) is 33.8 Å². The summed E-state index contributed by atoms with van der Waals surface area (Å²) in [6, 6.07) is 9.27. The van der Waals surface area contributed by atoms with Crippen molar-refractivity contribution in [2.24, 2.45) is 0 Å². The Kier molecular flexibility index (Phi) is 11.0. The Hall–Kier alpha value is -5.14. The molecule has 4 aliphatic heterocycles. The number of carboxylic acid groups (broad SMARTS) is 1. The third-order valence-corrected chi connectivity index (χ3v) is 11.6. The van der Waals surface area contributed by atoms with Crippen molar-refractivity contribution in [1.82, 2.24) is 30.7 Å². The van der Waals surface area contributed by atoms with Crippen LogP contribution in [-0.2, 0) is 33.5 Å². The number of β-lactam (4-membered cyclic amide) rings is 1. The van der Waals surface area contributed by atoms with Gasteiger partial charge in [-0.1, -0.05) is 35.0 Å². The van der Waals surface area contributed by atoms with Gasteiger partial charge < -0.3 is 35.5 Å². The van der Waals surface area contributed by atoms with Crippen molar-refractivity contribution in [3.05, 3.63) is 71.7 Å². The van der Waals surface area contributed by atoms with Crippen LogP contribution in [-0.4, -0.2) is 125 Å². The lowest BCUT2D eigenvalue weighted by Crippen LogP contribution is -2.85. The number of likely N-dealkylation sites (N-methyl/N-ethyl adjacent to an activating group) is 1. The molecule has 0 aliphatic carbocycles. The van der Waals surface area contributed by atoms with E-state index in [2.05, 4.69) is 21.0 Å². The number of nitrogens with zero attached hydrogens (tertiary/aromatic N) is 5. The van der Waals surface area contributed by atoms with Crippen LogP contribution in [0.25, 0.3) is 0 Å². The summed E-state index contributed by atoms with van der Waals surface area (Å²) in [6.45, 7) is 4.77. The number of aromatic nitrogens is 1. The van der Waals surface area contributed by atoms with Crippen molar-refractivity contribution in [1.29, 1.82) is 0 Å². The van der Waals surface area contributed by atoms with Crippen LogP contribution >= 0.6 is 23.5 Å². The van der Waals surface area contributed by atoms with E-state index < -0.39 is 52.7 Å². The molecule has 0 unspecified atom stereocenters. The predicted molar refractivity (Wildman–Crippen MR) is 183 cm³/mol. The highest BCUT2D eigenvalue weighted by atomic mass is 32.2. The largest absolute Gasteiger partial charge is 0.543 e. The zero-order valence-corrected chi connectivity index (χ0v) is 29.7. The number of hydrogen-bond acceptors (Lipinski definition) is 12. The number of ether oxygens (including phenoxy) is 1. The van der Waals surface area contributed by atoms with Crippen LogP contribution in [0.4, 0.5) is 4.79 Å². The summed E-state index contributed by atoms with van der Waals surface area (Å²) in [7, 11) is 0. The van der Waals surface area contributed by atoms with E-state index in [1.807, 2.05) is 29.2 Å². The smallest absolute Gasteiger partial charge is 0.325 e. The number of fused-ring (bicyclic) bond motifs is 1. The Balaban J connectivity index is 1.19. The topological polar surface area (TPSA) is 205 Å². The molecule has 5 heterocycles. The van der Waals surface area contributed by atoms with E-state index in [1.54, 1.807) is 25.1 Å². The molecule has 7 amide bonds. The second kappa shape index (κ2) is 15.6. The molecule has 4 aliphatic rings. The number of benzene rings is 1. The summed E-state index contributed by atoms with van der Waals surface area (Å²) in [5, 5.41) is 21.0. The number of carboxylic acids is 1. The Morgan fingerprint density at radius 2 is 1.77 bits per heavy atom. The maximum Gasteiger partial charge on any atom is 0.325 e. The number of thioether (sulfide) groups is 2. The van der Waals surface area contributed by atoms with E-state index in [1.165, 1.54) is 28.8 Å². The molecule has 19 heteroatoms. The number of imide groups is 1. The SMILES string of the molecule is CCN1CCN(C(=O)N[C@@H](C(=O)N[C@]2(NC=O)C(=O)N3C(C(=O)[O-])=C(CSc4cc[n+](N5CCOCC5)cc4)CS[C@@H]32)c2ccccc2)C(=O)C1=O. The van der Waals surface area contributed by atoms with Gasteiger partial charge in [0.15, 0.2) is 0 Å². The summed E-state index contributed by atoms with van der Waals surface area (Å²) in [5.74, 6) is -4.99. The third-order valence-electron chi connectivity index (χ3n) is 9.06. The average molecular weight is 753 g/mol. The van der Waals surface area contributed by atoms with Gasteiger partial charge in [0.05, 0.1) is 38.0 Å². The van der Waals surface area contributed by atoms with Crippen molar-refractivity contribution in [3.8, 4) is 0 Å². The lowest BCUT2D eigenvalue weighted by molar-refractivity contribution is -0.695. The fraction of sp³-hybridized carbons (Fsp3) is 0.394. The van der Waals surface area contributed by atoms with Gasteiger partial charge in [-0.25, -0.2) is 4.79 Å². The van der Waals surface area contributed by atoms with Gasteiger partial charge in [-0.2, -0.15) is 5.01 Å². The molecule has 0 spiro atoms. The highest BCUT2D eigenvalue weighted by Gasteiger charge is 2.65. The Labute approximate surface area is 306 Å². The number of carbonyl (C=O) groups excluding carboxylic acids is 7. The quantitative estimate of drug-likeness (QED) is 0.0521. The van der Waals surface area contributed by atoms with Crippen molar-refractivity contribution < 1.29 is 48.1 Å². The molecule has 52 heavy (non-hydrogen) atoms. The van der Waals surface area contributed by atoms with Gasteiger partial charge in [0.2, 0.25) is 30.4 Å². The maximum absolute atomic E-state index is 14.0. The molecule has 1 aromatic heterocycles. The molecule has 6 rings (SSSR count). The van der Waals surface area contributed by atoms with Gasteiger partial charge in [0.1, 0.15) is 11.4 Å². The average Bonchev–Trinajstić information content (AvgIpc) is 3.17. The number of rotatable bonds is 12. The summed E-state index contributed by atoms with van der Waals surface area (Å²) in [6.07, 6.45) is 4.03. The molecule has 3 N–H and O–H groups in total. The van der Waals surface area contributed by atoms with Gasteiger partial charge in [0.25, 0.3) is 5.91 Å². The number of aliphatic carboxylic acids is 1. The first-order chi connectivity index (χ1) is 25.1. The standard InChI is InChI=1S/C33H36N8O9S2/c1-2-37-12-13-40(28(45)27(37)44)32(49)35-24(21-6-4-3-5-7-21)26(43)36-33(34-20-42)30(48)41-25(29(46)47)22(19-52-31(33)41)18-51-23-8-10-38(11-9-23)39-14-16-50-17-15-39/h3-11,20,24,31H,2,12-19H2,1H3,(H3-,34,35,36,42,43,46,47,49)/t24-,31-,33-/m1/s1. The van der Waals surface area contributed by atoms with Crippen molar-refractivity contribution in [2.75, 3.05) is 62.5 Å². The summed E-state index contributed by atoms with van der Waals surface area (Å²) in [5.41, 5.74) is -1.73.